The van der Waals surface area contributed by atoms with Crippen LogP contribution >= 0.6 is 27.5 Å². The highest BCUT2D eigenvalue weighted by Crippen LogP contribution is 2.30. The van der Waals surface area contributed by atoms with Gasteiger partial charge in [0.1, 0.15) is 11.0 Å². The summed E-state index contributed by atoms with van der Waals surface area (Å²) in [6, 6.07) is 4.82. The second-order valence-corrected chi connectivity index (χ2v) is 5.63. The lowest BCUT2D eigenvalue weighted by atomic mass is 10.1. The molecule has 21 heavy (non-hydrogen) atoms. The van der Waals surface area contributed by atoms with Gasteiger partial charge in [-0.2, -0.15) is 13.2 Å². The standard InChI is InChI=1S/C13H10BrClF3N3/c1-6-3-8(4-7(2)11(6)14)19-10-5-9(15)20-12(21-10)13(16,17)18/h3-5H,1-2H3,(H,19,20,21). The Balaban J connectivity index is 2.38. The lowest BCUT2D eigenvalue weighted by molar-refractivity contribution is -0.144. The first-order valence-corrected chi connectivity index (χ1v) is 6.99. The number of aromatic nitrogens is 2. The van der Waals surface area contributed by atoms with Gasteiger partial charge < -0.3 is 5.32 Å². The van der Waals surface area contributed by atoms with Crippen LogP contribution in [-0.4, -0.2) is 9.97 Å². The first-order valence-electron chi connectivity index (χ1n) is 5.82. The minimum atomic E-state index is -4.65. The predicted molar refractivity (Wildman–Crippen MR) is 78.9 cm³/mol. The molecule has 0 aliphatic rings. The molecule has 0 atom stereocenters. The number of anilines is 2. The van der Waals surface area contributed by atoms with Crippen molar-refractivity contribution in [1.82, 2.24) is 9.97 Å². The lowest BCUT2D eigenvalue weighted by Gasteiger charge is -2.12. The maximum Gasteiger partial charge on any atom is 0.451 e. The fraction of sp³-hybridized carbons (Fsp3) is 0.231. The number of alkyl halides is 3. The Morgan fingerprint density at radius 3 is 2.19 bits per heavy atom. The van der Waals surface area contributed by atoms with E-state index < -0.39 is 12.0 Å². The molecule has 0 amide bonds. The third-order valence-corrected chi connectivity index (χ3v) is 4.10. The SMILES string of the molecule is Cc1cc(Nc2cc(Cl)nc(C(F)(F)F)n2)cc(C)c1Br. The van der Waals surface area contributed by atoms with Crippen molar-refractivity contribution in [3.8, 4) is 0 Å². The van der Waals surface area contributed by atoms with E-state index in [1.807, 2.05) is 13.8 Å². The van der Waals surface area contributed by atoms with Crippen LogP contribution in [0.25, 0.3) is 0 Å². The normalized spacial score (nSPS) is 11.6. The Morgan fingerprint density at radius 2 is 1.67 bits per heavy atom. The van der Waals surface area contributed by atoms with E-state index in [1.54, 1.807) is 12.1 Å². The number of halogens is 5. The molecule has 0 aliphatic carbocycles. The number of nitrogens with one attached hydrogen (secondary N) is 1. The van der Waals surface area contributed by atoms with Crippen molar-refractivity contribution in [2.45, 2.75) is 20.0 Å². The van der Waals surface area contributed by atoms with Gasteiger partial charge in [0.2, 0.25) is 5.82 Å². The molecule has 0 spiro atoms. The van der Waals surface area contributed by atoms with Crippen LogP contribution in [0.5, 0.6) is 0 Å². The molecular weight excluding hydrogens is 371 g/mol. The van der Waals surface area contributed by atoms with Crippen LogP contribution < -0.4 is 5.32 Å². The highest BCUT2D eigenvalue weighted by Gasteiger charge is 2.35. The summed E-state index contributed by atoms with van der Waals surface area (Å²) in [5.41, 5.74) is 2.53. The molecule has 2 aromatic rings. The molecule has 2 rings (SSSR count). The fourth-order valence-corrected chi connectivity index (χ4v) is 2.19. The maximum absolute atomic E-state index is 12.7. The molecule has 1 aromatic heterocycles. The Kier molecular flexibility index (Phi) is 4.43. The minimum Gasteiger partial charge on any atom is -0.340 e. The molecule has 0 radical (unpaired) electrons. The van der Waals surface area contributed by atoms with Gasteiger partial charge in [0.05, 0.1) is 0 Å². The maximum atomic E-state index is 12.7. The number of hydrogen-bond acceptors (Lipinski definition) is 3. The molecule has 1 heterocycles. The lowest BCUT2D eigenvalue weighted by Crippen LogP contribution is -2.12. The molecule has 112 valence electrons. The van der Waals surface area contributed by atoms with E-state index in [1.165, 1.54) is 6.07 Å². The van der Waals surface area contributed by atoms with Crippen LogP contribution in [-0.2, 0) is 6.18 Å². The van der Waals surface area contributed by atoms with Crippen LogP contribution in [0.2, 0.25) is 5.15 Å². The third-order valence-electron chi connectivity index (χ3n) is 2.66. The summed E-state index contributed by atoms with van der Waals surface area (Å²) in [4.78, 5) is 6.62. The molecule has 3 nitrogen and oxygen atoms in total. The van der Waals surface area contributed by atoms with Gasteiger partial charge in [-0.05, 0) is 37.1 Å². The smallest absolute Gasteiger partial charge is 0.340 e. The molecular formula is C13H10BrClF3N3. The highest BCUT2D eigenvalue weighted by atomic mass is 79.9. The zero-order valence-corrected chi connectivity index (χ0v) is 13.4. The van der Waals surface area contributed by atoms with Crippen molar-refractivity contribution >= 4 is 39.0 Å². The molecule has 1 N–H and O–H groups in total. The molecule has 0 fully saturated rings. The summed E-state index contributed by atoms with van der Waals surface area (Å²) < 4.78 is 38.9. The number of aryl methyl sites for hydroxylation is 2. The number of rotatable bonds is 2. The van der Waals surface area contributed by atoms with Crippen molar-refractivity contribution in [3.63, 3.8) is 0 Å². The highest BCUT2D eigenvalue weighted by molar-refractivity contribution is 9.10. The Labute approximate surface area is 132 Å². The van der Waals surface area contributed by atoms with Crippen molar-refractivity contribution in [3.05, 3.63) is 44.8 Å². The summed E-state index contributed by atoms with van der Waals surface area (Å²) in [5, 5.41) is 2.54. The fourth-order valence-electron chi connectivity index (χ4n) is 1.77. The van der Waals surface area contributed by atoms with Gasteiger partial charge in [-0.3, -0.25) is 0 Å². The van der Waals surface area contributed by atoms with E-state index in [0.717, 1.165) is 15.6 Å². The average Bonchev–Trinajstić information content (AvgIpc) is 2.34. The molecule has 1 aromatic carbocycles. The van der Waals surface area contributed by atoms with Gasteiger partial charge in [-0.25, -0.2) is 9.97 Å². The summed E-state index contributed by atoms with van der Waals surface area (Å²) in [6.07, 6.45) is -4.65. The molecule has 0 unspecified atom stereocenters. The number of nitrogens with zero attached hydrogens (tertiary/aromatic N) is 2. The van der Waals surface area contributed by atoms with Crippen LogP contribution in [0.3, 0.4) is 0 Å². The van der Waals surface area contributed by atoms with Gasteiger partial charge in [0, 0.05) is 16.2 Å². The zero-order chi connectivity index (χ0) is 15.8. The first kappa shape index (κ1) is 16.0. The van der Waals surface area contributed by atoms with Gasteiger partial charge in [-0.15, -0.1) is 0 Å². The topological polar surface area (TPSA) is 37.8 Å². The summed E-state index contributed by atoms with van der Waals surface area (Å²) in [7, 11) is 0. The Morgan fingerprint density at radius 1 is 1.10 bits per heavy atom. The van der Waals surface area contributed by atoms with E-state index in [2.05, 4.69) is 31.2 Å². The van der Waals surface area contributed by atoms with Gasteiger partial charge in [0.25, 0.3) is 0 Å². The number of benzene rings is 1. The van der Waals surface area contributed by atoms with Crippen LogP contribution in [0.4, 0.5) is 24.7 Å². The van der Waals surface area contributed by atoms with Crippen molar-refractivity contribution in [1.29, 1.82) is 0 Å². The van der Waals surface area contributed by atoms with E-state index in [-0.39, 0.29) is 11.0 Å². The van der Waals surface area contributed by atoms with Gasteiger partial charge >= 0.3 is 6.18 Å². The van der Waals surface area contributed by atoms with Gasteiger partial charge in [0.15, 0.2) is 0 Å². The van der Waals surface area contributed by atoms with E-state index in [0.29, 0.717) is 5.69 Å². The molecule has 0 bridgehead atoms. The second kappa shape index (κ2) is 5.81. The second-order valence-electron chi connectivity index (χ2n) is 4.45. The molecule has 0 saturated carbocycles. The third kappa shape index (κ3) is 3.85. The summed E-state index contributed by atoms with van der Waals surface area (Å²) >= 11 is 9.04. The average molecular weight is 381 g/mol. The quantitative estimate of drug-likeness (QED) is 0.721. The largest absolute Gasteiger partial charge is 0.451 e. The molecule has 0 aliphatic heterocycles. The Hall–Kier alpha value is -1.34. The Bertz CT molecular complexity index is 666. The van der Waals surface area contributed by atoms with Crippen LogP contribution in [0.1, 0.15) is 17.0 Å². The first-order chi connectivity index (χ1) is 9.66. The molecule has 8 heteroatoms. The van der Waals surface area contributed by atoms with Crippen molar-refractivity contribution < 1.29 is 13.2 Å². The minimum absolute atomic E-state index is 0.0107. The van der Waals surface area contributed by atoms with Crippen LogP contribution in [0, 0.1) is 13.8 Å². The van der Waals surface area contributed by atoms with E-state index >= 15 is 0 Å². The summed E-state index contributed by atoms with van der Waals surface area (Å²) in [5.74, 6) is -1.29. The number of hydrogen-bond donors (Lipinski definition) is 1. The molecule has 0 saturated heterocycles. The van der Waals surface area contributed by atoms with Crippen molar-refractivity contribution in [2.75, 3.05) is 5.32 Å². The monoisotopic (exact) mass is 379 g/mol. The van der Waals surface area contributed by atoms with Gasteiger partial charge in [-0.1, -0.05) is 27.5 Å². The van der Waals surface area contributed by atoms with Crippen LogP contribution in [0.15, 0.2) is 22.7 Å². The van der Waals surface area contributed by atoms with E-state index in [9.17, 15) is 13.2 Å². The predicted octanol–water partition coefficient (Wildman–Crippen LogP) is 5.27. The summed E-state index contributed by atoms with van der Waals surface area (Å²) in [6.45, 7) is 3.77. The zero-order valence-electron chi connectivity index (χ0n) is 11.0. The van der Waals surface area contributed by atoms with Crippen molar-refractivity contribution in [2.24, 2.45) is 0 Å². The van der Waals surface area contributed by atoms with E-state index in [4.69, 9.17) is 11.6 Å².